The summed E-state index contributed by atoms with van der Waals surface area (Å²) in [5.41, 5.74) is 0.388. The number of phenolic OH excluding ortho intramolecular Hbond substituents is 2. The fraction of sp³-hybridized carbons (Fsp3) is 0.529. The second-order valence-corrected chi connectivity index (χ2v) is 14.2. The van der Waals surface area contributed by atoms with Crippen LogP contribution in [-0.2, 0) is 33.3 Å². The van der Waals surface area contributed by atoms with Crippen molar-refractivity contribution in [2.45, 2.75) is 84.8 Å². The second kappa shape index (κ2) is 8.23. The van der Waals surface area contributed by atoms with Crippen LogP contribution in [0.15, 0.2) is 36.4 Å². The SMILES string of the molecule is CN1CCC23c4c5ccc(O)c4OC2C(=O)C=C[C@@]3(O)C1C5.CN1CCC23c4c5ccc(O)c4OC2C(=O)CC[C@@]3(O)C1C5. The molecule has 8 atom stereocenters. The Hall–Kier alpha value is -3.44. The first-order chi connectivity index (χ1) is 21.0. The van der Waals surface area contributed by atoms with Crippen LogP contribution < -0.4 is 9.47 Å². The second-order valence-electron chi connectivity index (χ2n) is 14.2. The molecule has 44 heavy (non-hydrogen) atoms. The van der Waals surface area contributed by atoms with E-state index in [0.717, 1.165) is 41.8 Å². The van der Waals surface area contributed by atoms with Crippen molar-refractivity contribution in [2.75, 3.05) is 27.2 Å². The van der Waals surface area contributed by atoms with E-state index in [0.29, 0.717) is 43.6 Å². The first-order valence-electron chi connectivity index (χ1n) is 15.6. The van der Waals surface area contributed by atoms with E-state index in [4.69, 9.17) is 9.47 Å². The van der Waals surface area contributed by atoms with Gasteiger partial charge in [0.05, 0.1) is 16.4 Å². The molecule has 2 saturated heterocycles. The van der Waals surface area contributed by atoms with Crippen molar-refractivity contribution < 1.29 is 39.5 Å². The topological polar surface area (TPSA) is 140 Å². The summed E-state index contributed by atoms with van der Waals surface area (Å²) < 4.78 is 11.8. The van der Waals surface area contributed by atoms with Crippen LogP contribution in [0.1, 0.15) is 47.9 Å². The minimum absolute atomic E-state index is 0.00319. The maximum atomic E-state index is 12.5. The predicted octanol–water partition coefficient (Wildman–Crippen LogP) is 1.27. The van der Waals surface area contributed by atoms with Crippen molar-refractivity contribution >= 4 is 11.6 Å². The summed E-state index contributed by atoms with van der Waals surface area (Å²) in [6.07, 6.45) is 5.31. The number of ether oxygens (including phenoxy) is 2. The van der Waals surface area contributed by atoms with Crippen LogP contribution >= 0.6 is 0 Å². The molecule has 4 aliphatic heterocycles. The summed E-state index contributed by atoms with van der Waals surface area (Å²) in [5.74, 6) is 0.873. The zero-order chi connectivity index (χ0) is 30.6. The van der Waals surface area contributed by atoms with E-state index in [-0.39, 0.29) is 35.1 Å². The summed E-state index contributed by atoms with van der Waals surface area (Å²) in [5, 5.41) is 43.6. The molecular weight excluding hydrogens is 564 g/mol. The summed E-state index contributed by atoms with van der Waals surface area (Å²) in [7, 11) is 4.06. The molecular formula is C34H36N2O8. The van der Waals surface area contributed by atoms with Gasteiger partial charge >= 0.3 is 0 Å². The highest BCUT2D eigenvalue weighted by atomic mass is 16.5. The van der Waals surface area contributed by atoms with Gasteiger partial charge in [-0.3, -0.25) is 14.5 Å². The van der Waals surface area contributed by atoms with E-state index in [2.05, 4.69) is 9.80 Å². The molecule has 4 heterocycles. The number of piperidine rings is 2. The minimum Gasteiger partial charge on any atom is -0.504 e. The fourth-order valence-electron chi connectivity index (χ4n) is 10.7. The standard InChI is InChI=1S/C17H19NO4.C17H17NO4/c2*1-18-7-6-16-13-9-2-3-10(19)14(13)22-15(16)11(20)4-5-17(16,21)12(18)8-9/h2-3,12,15,19,21H,4-8H2,1H3;2-5,12,15,19,21H,6-8H2,1H3/t2*12?,15?,16?,17-/m11/s1. The number of hydrogen-bond donors (Lipinski definition) is 4. The van der Waals surface area contributed by atoms with Gasteiger partial charge in [0.25, 0.3) is 0 Å². The summed E-state index contributed by atoms with van der Waals surface area (Å²) in [4.78, 5) is 29.3. The van der Waals surface area contributed by atoms with Crippen LogP contribution in [0.4, 0.5) is 0 Å². The van der Waals surface area contributed by atoms with E-state index in [1.807, 2.05) is 26.2 Å². The third-order valence-corrected chi connectivity index (χ3v) is 12.7. The van der Waals surface area contributed by atoms with Crippen molar-refractivity contribution in [1.29, 1.82) is 0 Å². The Labute approximate surface area is 254 Å². The average Bonchev–Trinajstić information content (AvgIpc) is 3.55. The van der Waals surface area contributed by atoms with Gasteiger partial charge in [0.15, 0.2) is 46.8 Å². The van der Waals surface area contributed by atoms with E-state index in [9.17, 15) is 30.0 Å². The number of phenols is 2. The van der Waals surface area contributed by atoms with Gasteiger partial charge in [-0.1, -0.05) is 12.1 Å². The molecule has 10 nitrogen and oxygen atoms in total. The van der Waals surface area contributed by atoms with Crippen LogP contribution in [-0.4, -0.2) is 104 Å². The first-order valence-corrected chi connectivity index (χ1v) is 15.6. The van der Waals surface area contributed by atoms with Crippen LogP contribution in [0.5, 0.6) is 23.0 Å². The maximum Gasteiger partial charge on any atom is 0.196 e. The zero-order valence-electron chi connectivity index (χ0n) is 24.7. The van der Waals surface area contributed by atoms with Crippen LogP contribution in [0.2, 0.25) is 0 Å². The lowest BCUT2D eigenvalue weighted by atomic mass is 9.49. The molecule has 4 aliphatic carbocycles. The van der Waals surface area contributed by atoms with E-state index < -0.39 is 34.2 Å². The number of benzene rings is 2. The number of ketones is 2. The predicted molar refractivity (Wildman–Crippen MR) is 156 cm³/mol. The van der Waals surface area contributed by atoms with Crippen molar-refractivity contribution in [2.24, 2.45) is 0 Å². The van der Waals surface area contributed by atoms with Gasteiger partial charge in [0.2, 0.25) is 0 Å². The molecule has 0 aromatic heterocycles. The number of aromatic hydroxyl groups is 2. The monoisotopic (exact) mass is 600 g/mol. The van der Waals surface area contributed by atoms with Gasteiger partial charge in [-0.15, -0.1) is 0 Å². The van der Waals surface area contributed by atoms with Crippen molar-refractivity contribution in [3.8, 4) is 23.0 Å². The Morgan fingerprint density at radius 3 is 2.02 bits per heavy atom. The lowest BCUT2D eigenvalue weighted by Gasteiger charge is -2.61. The highest BCUT2D eigenvalue weighted by Crippen LogP contribution is 2.65. The summed E-state index contributed by atoms with van der Waals surface area (Å²) in [6, 6.07) is 7.01. The van der Waals surface area contributed by atoms with Gasteiger partial charge in [0.1, 0.15) is 5.60 Å². The van der Waals surface area contributed by atoms with Gasteiger partial charge in [-0.05, 0) is 94.7 Å². The quantitative estimate of drug-likeness (QED) is 0.350. The Balaban J connectivity index is 0.000000123. The molecule has 230 valence electrons. The van der Waals surface area contributed by atoms with Gasteiger partial charge < -0.3 is 34.8 Å². The van der Waals surface area contributed by atoms with E-state index >= 15 is 0 Å². The number of carbonyl (C=O) groups is 2. The van der Waals surface area contributed by atoms with Gasteiger partial charge in [-0.25, -0.2) is 0 Å². The Kier molecular flexibility index (Phi) is 5.03. The minimum atomic E-state index is -1.13. The van der Waals surface area contributed by atoms with E-state index in [1.54, 1.807) is 18.2 Å². The van der Waals surface area contributed by atoms with Crippen molar-refractivity contribution in [1.82, 2.24) is 9.80 Å². The molecule has 4 bridgehead atoms. The molecule has 8 aliphatic rings. The zero-order valence-corrected chi connectivity index (χ0v) is 24.7. The smallest absolute Gasteiger partial charge is 0.196 e. The third-order valence-electron chi connectivity index (χ3n) is 12.7. The molecule has 1 saturated carbocycles. The third kappa shape index (κ3) is 2.75. The van der Waals surface area contributed by atoms with Gasteiger partial charge in [-0.2, -0.15) is 0 Å². The van der Waals surface area contributed by atoms with Crippen molar-refractivity contribution in [3.05, 3.63) is 58.7 Å². The Morgan fingerprint density at radius 2 is 1.34 bits per heavy atom. The number of carbonyl (C=O) groups excluding carboxylic acids is 2. The molecule has 3 fully saturated rings. The number of hydrogen-bond acceptors (Lipinski definition) is 10. The van der Waals surface area contributed by atoms with Crippen LogP contribution in [0.25, 0.3) is 0 Å². The number of rotatable bonds is 0. The van der Waals surface area contributed by atoms with Crippen LogP contribution in [0, 0.1) is 0 Å². The molecule has 0 radical (unpaired) electrons. The molecule has 0 amide bonds. The lowest BCUT2D eigenvalue weighted by molar-refractivity contribution is -0.185. The fourth-order valence-corrected chi connectivity index (χ4v) is 10.7. The van der Waals surface area contributed by atoms with E-state index in [1.165, 1.54) is 6.08 Å². The Morgan fingerprint density at radius 1 is 0.773 bits per heavy atom. The number of likely N-dealkylation sites (tertiary alicyclic amines) is 2. The molecule has 2 spiro atoms. The summed E-state index contributed by atoms with van der Waals surface area (Å²) >= 11 is 0. The van der Waals surface area contributed by atoms with Crippen molar-refractivity contribution in [3.63, 3.8) is 0 Å². The highest BCUT2D eigenvalue weighted by molar-refractivity contribution is 5.99. The molecule has 2 aromatic carbocycles. The number of Topliss-reactive ketones (excluding diaryl/α,β-unsaturated/α-hetero) is 1. The number of nitrogens with zero attached hydrogens (tertiary/aromatic N) is 2. The first kappa shape index (κ1) is 26.9. The average molecular weight is 601 g/mol. The number of aliphatic hydroxyl groups is 2. The maximum absolute atomic E-state index is 12.5. The Bertz CT molecular complexity index is 1710. The molecule has 2 aromatic rings. The number of likely N-dealkylation sites (N-methyl/N-ethyl adjacent to an activating group) is 2. The normalized spacial score (nSPS) is 41.6. The largest absolute Gasteiger partial charge is 0.504 e. The van der Waals surface area contributed by atoms with Crippen LogP contribution in [0.3, 0.4) is 0 Å². The highest BCUT2D eigenvalue weighted by Gasteiger charge is 2.73. The lowest BCUT2D eigenvalue weighted by Crippen LogP contribution is -2.76. The van der Waals surface area contributed by atoms with Gasteiger partial charge in [0, 0.05) is 29.6 Å². The molecule has 4 N–H and O–H groups in total. The molecule has 6 unspecified atom stereocenters. The molecule has 10 heteroatoms. The summed E-state index contributed by atoms with van der Waals surface area (Å²) in [6.45, 7) is 1.62. The molecule has 10 rings (SSSR count).